The molecule has 6 fully saturated rings. The van der Waals surface area contributed by atoms with Gasteiger partial charge in [0.25, 0.3) is 0 Å². The van der Waals surface area contributed by atoms with E-state index in [1.807, 2.05) is 34.6 Å². The lowest BCUT2D eigenvalue weighted by Gasteiger charge is -2.31. The average molecular weight is 761 g/mol. The number of hydrogen-bond donors (Lipinski definition) is 8. The number of fused-ring (bicyclic) bond motifs is 2. The lowest BCUT2D eigenvalue weighted by molar-refractivity contribution is -0.0716. The highest BCUT2D eigenvalue weighted by atomic mass is 16.5. The second-order valence-corrected chi connectivity index (χ2v) is 19.6. The molecule has 6 saturated carbocycles. The molecule has 10 heteroatoms. The van der Waals surface area contributed by atoms with Gasteiger partial charge in [-0.15, -0.1) is 0 Å². The molecule has 18 atom stereocenters. The fourth-order valence-corrected chi connectivity index (χ4v) is 11.0. The number of hydrogen-bond acceptors (Lipinski definition) is 10. The van der Waals surface area contributed by atoms with E-state index >= 15 is 0 Å². The van der Waals surface area contributed by atoms with Gasteiger partial charge in [0.1, 0.15) is 0 Å². The Morgan fingerprint density at radius 2 is 1.04 bits per heavy atom. The molecule has 0 saturated heterocycles. The third kappa shape index (κ3) is 9.84. The molecule has 6 aliphatic carbocycles. The molecule has 6 rings (SSSR count). The number of unbranched alkanes of at least 4 members (excludes halogenated alkanes) is 3. The molecule has 0 radical (unpaired) electrons. The highest BCUT2D eigenvalue weighted by Gasteiger charge is 2.73. The van der Waals surface area contributed by atoms with Crippen LogP contribution in [0.5, 0.6) is 0 Å². The molecule has 53 heavy (non-hydrogen) atoms. The summed E-state index contributed by atoms with van der Waals surface area (Å²) in [6.45, 7) is 19.8. The first-order chi connectivity index (χ1) is 24.1. The zero-order chi connectivity index (χ0) is 39.6. The summed E-state index contributed by atoms with van der Waals surface area (Å²) in [6, 6.07) is 0. The molecule has 0 bridgehead atoms. The normalized spacial score (nSPS) is 50.0. The van der Waals surface area contributed by atoms with Crippen LogP contribution >= 0.6 is 0 Å². The maximum Gasteiger partial charge on any atom is 0.0882 e. The van der Waals surface area contributed by atoms with Crippen molar-refractivity contribution in [2.45, 2.75) is 189 Å². The molecule has 0 aromatic heterocycles. The van der Waals surface area contributed by atoms with Crippen LogP contribution in [0.4, 0.5) is 0 Å². The van der Waals surface area contributed by atoms with E-state index in [9.17, 15) is 40.9 Å². The zero-order valence-corrected chi connectivity index (χ0v) is 34.6. The highest BCUT2D eigenvalue weighted by molar-refractivity contribution is 5.21. The number of ether oxygens (including phenoxy) is 2. The predicted octanol–water partition coefficient (Wildman–Crippen LogP) is 5.33. The van der Waals surface area contributed by atoms with Crippen molar-refractivity contribution in [1.29, 1.82) is 0 Å². The van der Waals surface area contributed by atoms with Gasteiger partial charge in [0.05, 0.1) is 62.0 Å². The van der Waals surface area contributed by atoms with Crippen molar-refractivity contribution in [2.24, 2.45) is 56.7 Å². The quantitative estimate of drug-likeness (QED) is 0.128. The van der Waals surface area contributed by atoms with Crippen LogP contribution in [-0.2, 0) is 9.47 Å². The Morgan fingerprint density at radius 3 is 1.38 bits per heavy atom. The standard InChI is InChI=1S/C12H24O2.C11H22O2.C10H18O3.C9H16O3.CH4/c1-4-5-6-7-12(3)8-9(2)10(13)11(12)14;1-4-5-6-11(3)7-8(2)9(12)10(11)13;1-9-4-6(9)10(2,5-13-3)8(12)7(9)11;1-9-3-6(9)5(4-12-2)7(10)8(9)11;/h9-11,13-14H,4-8H2,1-3H3;8-10,12-13H,4-7H2,1-3H3;6-8,11-12H,4-5H2,1-3H3;5-8,10-11H,3-4H2,1-2H3;1H4/t9-,10+,11+,12+;8-,9+,10+,11+;6-,7-,8+,9+,10+;5-,6-,7+,8+,9-;/m1110./s1. The van der Waals surface area contributed by atoms with Gasteiger partial charge in [0.15, 0.2) is 0 Å². The Hall–Kier alpha value is -0.400. The SMILES string of the molecule is C.CCCCC[C@@]1(C)C[C@@H](C)[C@H](O)[C@@H]1O.CCCC[C@@]1(C)C[C@@H](C)[C@H](O)[C@@H]1O.COC[C@@H]1[C@@H](O)[C@@H](O)[C@@]2(C)C[C@@H]12.COC[C@@]1(C)[C@@H]2C[C@]2(C)[C@H](O)[C@@H]1O. The van der Waals surface area contributed by atoms with Gasteiger partial charge in [-0.1, -0.05) is 102 Å². The van der Waals surface area contributed by atoms with Gasteiger partial charge in [-0.25, -0.2) is 0 Å². The highest BCUT2D eigenvalue weighted by Crippen LogP contribution is 2.70. The molecule has 0 aromatic rings. The number of aliphatic hydroxyl groups is 8. The van der Waals surface area contributed by atoms with Crippen molar-refractivity contribution in [2.75, 3.05) is 27.4 Å². The predicted molar refractivity (Wildman–Crippen MR) is 210 cm³/mol. The summed E-state index contributed by atoms with van der Waals surface area (Å²) in [4.78, 5) is 0. The fraction of sp³-hybridized carbons (Fsp3) is 1.00. The van der Waals surface area contributed by atoms with E-state index in [2.05, 4.69) is 27.7 Å². The summed E-state index contributed by atoms with van der Waals surface area (Å²) in [6.07, 6.45) is 7.59. The van der Waals surface area contributed by atoms with Gasteiger partial charge >= 0.3 is 0 Å². The largest absolute Gasteiger partial charge is 0.390 e. The first-order valence-corrected chi connectivity index (χ1v) is 20.5. The zero-order valence-electron chi connectivity index (χ0n) is 34.6. The lowest BCUT2D eigenvalue weighted by Crippen LogP contribution is -2.41. The van der Waals surface area contributed by atoms with Gasteiger partial charge < -0.3 is 50.3 Å². The van der Waals surface area contributed by atoms with Gasteiger partial charge in [0.2, 0.25) is 0 Å². The molecule has 0 aliphatic heterocycles. The van der Waals surface area contributed by atoms with Crippen LogP contribution in [0.25, 0.3) is 0 Å². The molecular formula is C43H84O10. The van der Waals surface area contributed by atoms with Crippen LogP contribution in [-0.4, -0.2) is 117 Å². The van der Waals surface area contributed by atoms with Crippen molar-refractivity contribution in [3.63, 3.8) is 0 Å². The maximum absolute atomic E-state index is 9.94. The van der Waals surface area contributed by atoms with Crippen molar-refractivity contribution < 1.29 is 50.3 Å². The van der Waals surface area contributed by atoms with Crippen LogP contribution in [0.1, 0.15) is 140 Å². The molecule has 0 amide bonds. The third-order valence-corrected chi connectivity index (χ3v) is 15.1. The van der Waals surface area contributed by atoms with Crippen LogP contribution in [0, 0.1) is 56.7 Å². The fourth-order valence-electron chi connectivity index (χ4n) is 11.0. The molecule has 0 aromatic carbocycles. The van der Waals surface area contributed by atoms with E-state index in [1.165, 1.54) is 19.3 Å². The van der Waals surface area contributed by atoms with E-state index in [1.54, 1.807) is 14.2 Å². The molecular weight excluding hydrogens is 676 g/mol. The van der Waals surface area contributed by atoms with Crippen molar-refractivity contribution in [1.82, 2.24) is 0 Å². The van der Waals surface area contributed by atoms with Crippen LogP contribution in [0.15, 0.2) is 0 Å². The monoisotopic (exact) mass is 761 g/mol. The van der Waals surface area contributed by atoms with E-state index in [0.717, 1.165) is 51.4 Å². The number of rotatable bonds is 11. The topological polar surface area (TPSA) is 180 Å². The minimum atomic E-state index is -0.629. The van der Waals surface area contributed by atoms with Crippen LogP contribution in [0.3, 0.4) is 0 Å². The third-order valence-electron chi connectivity index (χ3n) is 15.1. The van der Waals surface area contributed by atoms with Crippen molar-refractivity contribution in [3.05, 3.63) is 0 Å². The molecule has 0 spiro atoms. The van der Waals surface area contributed by atoms with Crippen molar-refractivity contribution in [3.8, 4) is 0 Å². The Balaban J connectivity index is 0.000000243. The minimum Gasteiger partial charge on any atom is -0.390 e. The molecule has 316 valence electrons. The molecule has 0 unspecified atom stereocenters. The van der Waals surface area contributed by atoms with Crippen LogP contribution < -0.4 is 0 Å². The van der Waals surface area contributed by atoms with Gasteiger partial charge in [-0.3, -0.25) is 0 Å². The number of methoxy groups -OCH3 is 2. The molecule has 6 aliphatic rings. The smallest absolute Gasteiger partial charge is 0.0882 e. The van der Waals surface area contributed by atoms with E-state index in [0.29, 0.717) is 25.0 Å². The Bertz CT molecular complexity index is 1100. The van der Waals surface area contributed by atoms with E-state index in [4.69, 9.17) is 9.47 Å². The Morgan fingerprint density at radius 1 is 0.547 bits per heavy atom. The maximum atomic E-state index is 9.94. The Labute approximate surface area is 323 Å². The summed E-state index contributed by atoms with van der Waals surface area (Å²) < 4.78 is 10.1. The lowest BCUT2D eigenvalue weighted by atomic mass is 9.80. The summed E-state index contributed by atoms with van der Waals surface area (Å²) >= 11 is 0. The van der Waals surface area contributed by atoms with E-state index in [-0.39, 0.29) is 52.3 Å². The summed E-state index contributed by atoms with van der Waals surface area (Å²) in [7, 11) is 3.28. The minimum absolute atomic E-state index is 0. The average Bonchev–Trinajstić information content (AvgIpc) is 3.94. The summed E-state index contributed by atoms with van der Waals surface area (Å²) in [5.41, 5.74) is -0.402. The van der Waals surface area contributed by atoms with Gasteiger partial charge in [0, 0.05) is 25.6 Å². The van der Waals surface area contributed by atoms with Crippen LogP contribution in [0.2, 0.25) is 0 Å². The molecule has 10 nitrogen and oxygen atoms in total. The second kappa shape index (κ2) is 18.9. The van der Waals surface area contributed by atoms with Gasteiger partial charge in [-0.05, 0) is 83.9 Å². The van der Waals surface area contributed by atoms with Crippen molar-refractivity contribution >= 4 is 0 Å². The molecule has 8 N–H and O–H groups in total. The molecule has 0 heterocycles. The van der Waals surface area contributed by atoms with E-state index < -0.39 is 48.8 Å². The summed E-state index contributed by atoms with van der Waals surface area (Å²) in [5.74, 6) is 1.54. The van der Waals surface area contributed by atoms with Gasteiger partial charge in [-0.2, -0.15) is 0 Å². The number of aliphatic hydroxyl groups excluding tert-OH is 8. The second-order valence-electron chi connectivity index (χ2n) is 19.6. The first-order valence-electron chi connectivity index (χ1n) is 20.5. The Kier molecular flexibility index (Phi) is 17.4. The first kappa shape index (κ1) is 48.7. The summed E-state index contributed by atoms with van der Waals surface area (Å²) in [5, 5.41) is 78.2.